The fourth-order valence-corrected chi connectivity index (χ4v) is 2.60. The van der Waals surface area contributed by atoms with E-state index in [9.17, 15) is 22.8 Å². The summed E-state index contributed by atoms with van der Waals surface area (Å²) in [4.78, 5) is 26.9. The molecule has 0 fully saturated rings. The minimum Gasteiger partial charge on any atom is -0.462 e. The van der Waals surface area contributed by atoms with Crippen LogP contribution in [0.4, 0.5) is 13.2 Å². The highest BCUT2D eigenvalue weighted by atomic mass is 19.4. The molecule has 26 heavy (non-hydrogen) atoms. The molecule has 0 spiro atoms. The summed E-state index contributed by atoms with van der Waals surface area (Å²) in [5.74, 6) is -1.43. The lowest BCUT2D eigenvalue weighted by molar-refractivity contribution is -0.138. The standard InChI is InChI=1S/C18H18F3NO4/c1-4-25-16(23)14-10(2)15(22-11(14)3)17(24)26-9-12-7-5-6-8-13(12)18(19,20)21/h5-8,22H,4,9H2,1-3H3. The fourth-order valence-electron chi connectivity index (χ4n) is 2.60. The van der Waals surface area contributed by atoms with Gasteiger partial charge >= 0.3 is 18.1 Å². The number of hydrogen-bond donors (Lipinski definition) is 1. The predicted octanol–water partition coefficient (Wildman–Crippen LogP) is 4.18. The summed E-state index contributed by atoms with van der Waals surface area (Å²) in [6.45, 7) is 4.42. The lowest BCUT2D eigenvalue weighted by Gasteiger charge is -2.12. The maximum Gasteiger partial charge on any atom is 0.416 e. The minimum atomic E-state index is -4.54. The molecule has 0 atom stereocenters. The Bertz CT molecular complexity index is 824. The van der Waals surface area contributed by atoms with Crippen molar-refractivity contribution >= 4 is 11.9 Å². The Hall–Kier alpha value is -2.77. The Morgan fingerprint density at radius 1 is 1.08 bits per heavy atom. The Balaban J connectivity index is 2.20. The number of aromatic amines is 1. The highest BCUT2D eigenvalue weighted by Gasteiger charge is 2.33. The van der Waals surface area contributed by atoms with Crippen LogP contribution in [-0.2, 0) is 22.3 Å². The lowest BCUT2D eigenvalue weighted by atomic mass is 10.1. The SMILES string of the molecule is CCOC(=O)c1c(C)[nH]c(C(=O)OCc2ccccc2C(F)(F)F)c1C. The molecule has 1 heterocycles. The molecular weight excluding hydrogens is 351 g/mol. The van der Waals surface area contributed by atoms with Crippen molar-refractivity contribution in [3.05, 3.63) is 57.9 Å². The summed E-state index contributed by atoms with van der Waals surface area (Å²) in [6.07, 6.45) is -4.54. The molecule has 0 aliphatic heterocycles. The van der Waals surface area contributed by atoms with Gasteiger partial charge in [-0.05, 0) is 32.4 Å². The van der Waals surface area contributed by atoms with Gasteiger partial charge in [0.05, 0.1) is 17.7 Å². The summed E-state index contributed by atoms with van der Waals surface area (Å²) in [5, 5.41) is 0. The summed E-state index contributed by atoms with van der Waals surface area (Å²) < 4.78 is 48.9. The second kappa shape index (κ2) is 7.63. The van der Waals surface area contributed by atoms with Crippen LogP contribution in [0, 0.1) is 13.8 Å². The highest BCUT2D eigenvalue weighted by molar-refractivity contribution is 5.98. The van der Waals surface area contributed by atoms with Crippen LogP contribution in [0.2, 0.25) is 0 Å². The Morgan fingerprint density at radius 2 is 1.73 bits per heavy atom. The molecular formula is C18H18F3NO4. The van der Waals surface area contributed by atoms with Gasteiger partial charge in [-0.2, -0.15) is 13.2 Å². The van der Waals surface area contributed by atoms with Crippen molar-refractivity contribution in [2.24, 2.45) is 0 Å². The molecule has 0 bridgehead atoms. The molecule has 8 heteroatoms. The third kappa shape index (κ3) is 4.07. The Morgan fingerprint density at radius 3 is 2.35 bits per heavy atom. The first-order chi connectivity index (χ1) is 12.2. The first-order valence-corrected chi connectivity index (χ1v) is 7.85. The number of ether oxygens (including phenoxy) is 2. The van der Waals surface area contributed by atoms with Crippen LogP contribution in [0.25, 0.3) is 0 Å². The summed E-state index contributed by atoms with van der Waals surface area (Å²) in [6, 6.07) is 4.86. The average molecular weight is 369 g/mol. The van der Waals surface area contributed by atoms with Crippen molar-refractivity contribution < 1.29 is 32.2 Å². The number of H-pyrrole nitrogens is 1. The van der Waals surface area contributed by atoms with E-state index in [1.165, 1.54) is 25.1 Å². The van der Waals surface area contributed by atoms with Gasteiger partial charge in [0.25, 0.3) is 0 Å². The van der Waals surface area contributed by atoms with Crippen molar-refractivity contribution in [3.8, 4) is 0 Å². The molecule has 0 saturated carbocycles. The molecule has 1 N–H and O–H groups in total. The van der Waals surface area contributed by atoms with Crippen molar-refractivity contribution in [2.45, 2.75) is 33.6 Å². The number of rotatable bonds is 5. The molecule has 2 aromatic rings. The number of nitrogens with one attached hydrogen (secondary N) is 1. The predicted molar refractivity (Wildman–Crippen MR) is 86.8 cm³/mol. The van der Waals surface area contributed by atoms with Crippen LogP contribution in [-0.4, -0.2) is 23.5 Å². The number of alkyl halides is 3. The summed E-state index contributed by atoms with van der Waals surface area (Å²) in [7, 11) is 0. The van der Waals surface area contributed by atoms with E-state index in [1.54, 1.807) is 13.8 Å². The number of carbonyl (C=O) groups excluding carboxylic acids is 2. The van der Waals surface area contributed by atoms with Gasteiger partial charge in [0.15, 0.2) is 0 Å². The molecule has 0 aliphatic rings. The van der Waals surface area contributed by atoms with Gasteiger partial charge in [-0.1, -0.05) is 18.2 Å². The molecule has 5 nitrogen and oxygen atoms in total. The van der Waals surface area contributed by atoms with E-state index >= 15 is 0 Å². The van der Waals surface area contributed by atoms with E-state index in [2.05, 4.69) is 4.98 Å². The van der Waals surface area contributed by atoms with Gasteiger partial charge < -0.3 is 14.5 Å². The van der Waals surface area contributed by atoms with Gasteiger partial charge in [0.2, 0.25) is 0 Å². The maximum atomic E-state index is 13.0. The smallest absolute Gasteiger partial charge is 0.416 e. The third-order valence-corrected chi connectivity index (χ3v) is 3.80. The second-order valence-corrected chi connectivity index (χ2v) is 5.58. The number of benzene rings is 1. The molecule has 0 unspecified atom stereocenters. The molecule has 0 aliphatic carbocycles. The highest BCUT2D eigenvalue weighted by Crippen LogP contribution is 2.32. The largest absolute Gasteiger partial charge is 0.462 e. The number of halogens is 3. The van der Waals surface area contributed by atoms with Crippen molar-refractivity contribution in [1.82, 2.24) is 4.98 Å². The van der Waals surface area contributed by atoms with E-state index in [0.29, 0.717) is 11.3 Å². The zero-order valence-corrected chi connectivity index (χ0v) is 14.5. The van der Waals surface area contributed by atoms with Crippen LogP contribution in [0.3, 0.4) is 0 Å². The molecule has 0 saturated heterocycles. The maximum absolute atomic E-state index is 13.0. The topological polar surface area (TPSA) is 68.4 Å². The van der Waals surface area contributed by atoms with Crippen molar-refractivity contribution in [1.29, 1.82) is 0 Å². The lowest BCUT2D eigenvalue weighted by Crippen LogP contribution is -2.13. The molecule has 2 rings (SSSR count). The molecule has 0 radical (unpaired) electrons. The average Bonchev–Trinajstić information content (AvgIpc) is 2.87. The van der Waals surface area contributed by atoms with Gasteiger partial charge in [0, 0.05) is 11.3 Å². The monoisotopic (exact) mass is 369 g/mol. The number of aryl methyl sites for hydroxylation is 1. The van der Waals surface area contributed by atoms with E-state index < -0.39 is 30.3 Å². The molecule has 1 aromatic heterocycles. The number of aromatic nitrogens is 1. The Labute approximate surface area is 148 Å². The second-order valence-electron chi connectivity index (χ2n) is 5.58. The van der Waals surface area contributed by atoms with Gasteiger partial charge in [-0.25, -0.2) is 9.59 Å². The van der Waals surface area contributed by atoms with Crippen LogP contribution < -0.4 is 0 Å². The fraction of sp³-hybridized carbons (Fsp3) is 0.333. The quantitative estimate of drug-likeness (QED) is 0.803. The number of hydrogen-bond acceptors (Lipinski definition) is 4. The summed E-state index contributed by atoms with van der Waals surface area (Å²) >= 11 is 0. The third-order valence-electron chi connectivity index (χ3n) is 3.80. The van der Waals surface area contributed by atoms with E-state index in [0.717, 1.165) is 6.07 Å². The van der Waals surface area contributed by atoms with E-state index in [1.807, 2.05) is 0 Å². The Kier molecular flexibility index (Phi) is 5.74. The van der Waals surface area contributed by atoms with E-state index in [-0.39, 0.29) is 23.4 Å². The molecule has 0 amide bonds. The van der Waals surface area contributed by atoms with Crippen LogP contribution in [0.15, 0.2) is 24.3 Å². The summed E-state index contributed by atoms with van der Waals surface area (Å²) in [5.41, 5.74) is -0.0394. The van der Waals surface area contributed by atoms with Crippen LogP contribution >= 0.6 is 0 Å². The van der Waals surface area contributed by atoms with Gasteiger partial charge in [-0.15, -0.1) is 0 Å². The molecule has 1 aromatic carbocycles. The van der Waals surface area contributed by atoms with Crippen molar-refractivity contribution in [2.75, 3.05) is 6.61 Å². The zero-order chi connectivity index (χ0) is 19.5. The first-order valence-electron chi connectivity index (χ1n) is 7.85. The number of carbonyl (C=O) groups is 2. The van der Waals surface area contributed by atoms with Crippen LogP contribution in [0.1, 0.15) is 50.2 Å². The van der Waals surface area contributed by atoms with E-state index in [4.69, 9.17) is 9.47 Å². The van der Waals surface area contributed by atoms with Gasteiger partial charge in [-0.3, -0.25) is 0 Å². The van der Waals surface area contributed by atoms with Crippen molar-refractivity contribution in [3.63, 3.8) is 0 Å². The molecule has 140 valence electrons. The van der Waals surface area contributed by atoms with Gasteiger partial charge in [0.1, 0.15) is 12.3 Å². The minimum absolute atomic E-state index is 0.00930. The normalized spacial score (nSPS) is 11.3. The first kappa shape index (κ1) is 19.6. The van der Waals surface area contributed by atoms with Crippen LogP contribution in [0.5, 0.6) is 0 Å². The zero-order valence-electron chi connectivity index (χ0n) is 14.5. The number of esters is 2.